The fourth-order valence-electron chi connectivity index (χ4n) is 4.63. The number of piperidine rings is 1. The molecule has 1 aliphatic rings. The molecule has 0 amide bonds. The molecule has 0 spiro atoms. The zero-order valence-electron chi connectivity index (χ0n) is 16.3. The van der Waals surface area contributed by atoms with Crippen molar-refractivity contribution in [2.45, 2.75) is 32.0 Å². The number of benzene rings is 2. The molecule has 1 aliphatic heterocycles. The van der Waals surface area contributed by atoms with Gasteiger partial charge in [0.05, 0.1) is 18.1 Å². The minimum Gasteiger partial charge on any atom is -0.408 e. The Labute approximate surface area is 169 Å². The zero-order valence-corrected chi connectivity index (χ0v) is 16.3. The van der Waals surface area contributed by atoms with Crippen molar-refractivity contribution < 1.29 is 4.42 Å². The van der Waals surface area contributed by atoms with Crippen LogP contribution in [0.5, 0.6) is 0 Å². The Morgan fingerprint density at radius 3 is 2.76 bits per heavy atom. The van der Waals surface area contributed by atoms with E-state index in [9.17, 15) is 4.79 Å². The first-order valence-electron chi connectivity index (χ1n) is 10.1. The number of hydrogen-bond donors (Lipinski definition) is 0. The Bertz CT molecular complexity index is 1270. The quantitative estimate of drug-likeness (QED) is 0.499. The van der Waals surface area contributed by atoms with Gasteiger partial charge < -0.3 is 8.98 Å². The second-order valence-corrected chi connectivity index (χ2v) is 7.74. The molecule has 0 N–H and O–H groups in total. The van der Waals surface area contributed by atoms with E-state index >= 15 is 0 Å². The van der Waals surface area contributed by atoms with E-state index in [4.69, 9.17) is 10.8 Å². The summed E-state index contributed by atoms with van der Waals surface area (Å²) in [6.07, 6.45) is 9.77. The predicted octanol–water partition coefficient (Wildman–Crippen LogP) is 4.02. The van der Waals surface area contributed by atoms with Crippen molar-refractivity contribution >= 4 is 22.0 Å². The average molecular weight is 385 g/mol. The van der Waals surface area contributed by atoms with Crippen molar-refractivity contribution in [3.63, 3.8) is 0 Å². The summed E-state index contributed by atoms with van der Waals surface area (Å²) in [7, 11) is 0. The molecule has 0 saturated carbocycles. The van der Waals surface area contributed by atoms with E-state index in [1.165, 1.54) is 16.5 Å². The van der Waals surface area contributed by atoms with E-state index in [0.29, 0.717) is 12.1 Å². The lowest BCUT2D eigenvalue weighted by Crippen LogP contribution is -2.38. The van der Waals surface area contributed by atoms with Gasteiger partial charge in [0.2, 0.25) is 0 Å². The van der Waals surface area contributed by atoms with Gasteiger partial charge in [0.15, 0.2) is 5.58 Å². The largest absolute Gasteiger partial charge is 0.420 e. The number of nitrogens with zero attached hydrogens (tertiary/aromatic N) is 3. The molecule has 0 bridgehead atoms. The Balaban J connectivity index is 1.44. The third-order valence-electron chi connectivity index (χ3n) is 5.89. The Kier molecular flexibility index (Phi) is 4.49. The molecule has 0 radical (unpaired) electrons. The molecule has 5 heteroatoms. The molecule has 146 valence electrons. The van der Waals surface area contributed by atoms with Crippen molar-refractivity contribution in [3.8, 4) is 12.3 Å². The SMILES string of the molecule is C#CCn1cc(CN2CCCC(n3c(=O)oc4ccccc43)C2)c2ccccc21. The lowest BCUT2D eigenvalue weighted by atomic mass is 10.0. The first kappa shape index (κ1) is 17.8. The van der Waals surface area contributed by atoms with Gasteiger partial charge in [-0.2, -0.15) is 0 Å². The number of likely N-dealkylation sites (tertiary alicyclic amines) is 1. The highest BCUT2D eigenvalue weighted by Gasteiger charge is 2.25. The maximum Gasteiger partial charge on any atom is 0.420 e. The summed E-state index contributed by atoms with van der Waals surface area (Å²) < 4.78 is 9.44. The average Bonchev–Trinajstić information content (AvgIpc) is 3.26. The monoisotopic (exact) mass is 385 g/mol. The van der Waals surface area contributed by atoms with Crippen molar-refractivity contribution in [2.75, 3.05) is 13.1 Å². The highest BCUT2D eigenvalue weighted by molar-refractivity contribution is 5.84. The number of rotatable bonds is 4. The molecular weight excluding hydrogens is 362 g/mol. The molecule has 2 aromatic heterocycles. The van der Waals surface area contributed by atoms with E-state index in [0.717, 1.165) is 38.0 Å². The van der Waals surface area contributed by atoms with E-state index in [2.05, 4.69) is 39.8 Å². The molecule has 5 nitrogen and oxygen atoms in total. The smallest absolute Gasteiger partial charge is 0.408 e. The van der Waals surface area contributed by atoms with Gasteiger partial charge in [0.25, 0.3) is 0 Å². The molecule has 5 rings (SSSR count). The molecule has 3 heterocycles. The summed E-state index contributed by atoms with van der Waals surface area (Å²) >= 11 is 0. The van der Waals surface area contributed by atoms with E-state index in [1.807, 2.05) is 34.9 Å². The van der Waals surface area contributed by atoms with Gasteiger partial charge >= 0.3 is 5.76 Å². The molecule has 1 atom stereocenters. The van der Waals surface area contributed by atoms with Crippen LogP contribution in [0.15, 0.2) is 63.9 Å². The summed E-state index contributed by atoms with van der Waals surface area (Å²) in [5, 5.41) is 1.25. The van der Waals surface area contributed by atoms with Gasteiger partial charge in [0, 0.05) is 30.2 Å². The van der Waals surface area contributed by atoms with Crippen molar-refractivity contribution in [1.82, 2.24) is 14.0 Å². The molecule has 2 aromatic carbocycles. The second-order valence-electron chi connectivity index (χ2n) is 7.74. The lowest BCUT2D eigenvalue weighted by molar-refractivity contribution is 0.168. The van der Waals surface area contributed by atoms with Crippen LogP contribution < -0.4 is 5.76 Å². The normalized spacial score (nSPS) is 17.7. The van der Waals surface area contributed by atoms with Gasteiger partial charge in [0.1, 0.15) is 0 Å². The number of hydrogen-bond acceptors (Lipinski definition) is 3. The molecular formula is C24H23N3O2. The fraction of sp³-hybridized carbons (Fsp3) is 0.292. The van der Waals surface area contributed by atoms with Crippen LogP contribution in [0.25, 0.3) is 22.0 Å². The highest BCUT2D eigenvalue weighted by atomic mass is 16.4. The fourth-order valence-corrected chi connectivity index (χ4v) is 4.63. The topological polar surface area (TPSA) is 43.3 Å². The third kappa shape index (κ3) is 3.16. The Hall–Kier alpha value is -3.23. The highest BCUT2D eigenvalue weighted by Crippen LogP contribution is 2.28. The first-order chi connectivity index (χ1) is 14.2. The van der Waals surface area contributed by atoms with Gasteiger partial charge in [-0.1, -0.05) is 36.3 Å². The molecule has 1 unspecified atom stereocenters. The number of oxazole rings is 1. The van der Waals surface area contributed by atoms with Crippen molar-refractivity contribution in [2.24, 2.45) is 0 Å². The van der Waals surface area contributed by atoms with Crippen LogP contribution in [-0.4, -0.2) is 27.1 Å². The van der Waals surface area contributed by atoms with Crippen LogP contribution in [0.2, 0.25) is 0 Å². The van der Waals surface area contributed by atoms with Crippen LogP contribution in [0, 0.1) is 12.3 Å². The van der Waals surface area contributed by atoms with Gasteiger partial charge in [-0.05, 0) is 43.1 Å². The third-order valence-corrected chi connectivity index (χ3v) is 5.89. The van der Waals surface area contributed by atoms with Crippen LogP contribution >= 0.6 is 0 Å². The molecule has 0 aliphatic carbocycles. The maximum absolute atomic E-state index is 12.5. The summed E-state index contributed by atoms with van der Waals surface area (Å²) in [6.45, 7) is 3.27. The van der Waals surface area contributed by atoms with Crippen LogP contribution in [0.1, 0.15) is 24.4 Å². The lowest BCUT2D eigenvalue weighted by Gasteiger charge is -2.32. The van der Waals surface area contributed by atoms with Gasteiger partial charge in [-0.25, -0.2) is 4.79 Å². The van der Waals surface area contributed by atoms with Crippen LogP contribution in [0.4, 0.5) is 0 Å². The van der Waals surface area contributed by atoms with E-state index in [1.54, 1.807) is 0 Å². The summed E-state index contributed by atoms with van der Waals surface area (Å²) in [5.74, 6) is 2.48. The molecule has 1 fully saturated rings. The zero-order chi connectivity index (χ0) is 19.8. The Morgan fingerprint density at radius 2 is 1.90 bits per heavy atom. The van der Waals surface area contributed by atoms with E-state index < -0.39 is 0 Å². The van der Waals surface area contributed by atoms with Gasteiger partial charge in [-0.15, -0.1) is 6.42 Å². The number of terminal acetylenes is 1. The number of para-hydroxylation sites is 3. The standard InChI is InChI=1S/C24H23N3O2/c1-2-13-26-16-18(20-9-3-4-10-21(20)26)15-25-14-7-8-19(17-25)27-22-11-5-6-12-23(22)29-24(27)28/h1,3-6,9-12,16,19H,7-8,13-15,17H2. The molecule has 29 heavy (non-hydrogen) atoms. The van der Waals surface area contributed by atoms with Crippen molar-refractivity contribution in [3.05, 3.63) is 70.8 Å². The number of aromatic nitrogens is 2. The second kappa shape index (κ2) is 7.31. The number of fused-ring (bicyclic) bond motifs is 2. The summed E-state index contributed by atoms with van der Waals surface area (Å²) in [6, 6.07) is 16.2. The van der Waals surface area contributed by atoms with Gasteiger partial charge in [-0.3, -0.25) is 9.47 Å². The summed E-state index contributed by atoms with van der Waals surface area (Å²) in [5.41, 5.74) is 3.99. The summed E-state index contributed by atoms with van der Waals surface area (Å²) in [4.78, 5) is 14.9. The molecule has 1 saturated heterocycles. The minimum absolute atomic E-state index is 0.124. The first-order valence-corrected chi connectivity index (χ1v) is 10.1. The van der Waals surface area contributed by atoms with Crippen LogP contribution in [-0.2, 0) is 13.1 Å². The molecule has 4 aromatic rings. The maximum atomic E-state index is 12.5. The van der Waals surface area contributed by atoms with Crippen LogP contribution in [0.3, 0.4) is 0 Å². The minimum atomic E-state index is -0.260. The van der Waals surface area contributed by atoms with Crippen molar-refractivity contribution in [1.29, 1.82) is 0 Å². The van der Waals surface area contributed by atoms with E-state index in [-0.39, 0.29) is 11.8 Å². The predicted molar refractivity (Wildman–Crippen MR) is 115 cm³/mol. The Morgan fingerprint density at radius 1 is 1.10 bits per heavy atom.